The van der Waals surface area contributed by atoms with E-state index in [-0.39, 0.29) is 5.78 Å². The molecule has 1 aliphatic heterocycles. The fourth-order valence-electron chi connectivity index (χ4n) is 1.34. The van der Waals surface area contributed by atoms with Crippen molar-refractivity contribution in [1.82, 2.24) is 0 Å². The molecule has 1 aromatic heterocycles. The largest absolute Gasteiger partial charge is 0.490 e. The van der Waals surface area contributed by atoms with E-state index in [0.717, 1.165) is 11.3 Å². The van der Waals surface area contributed by atoms with Gasteiger partial charge in [0.1, 0.15) is 6.04 Å². The quantitative estimate of drug-likeness (QED) is 0.823. The first-order chi connectivity index (χ1) is 6.79. The number of ether oxygens (including phenoxy) is 1. The molecule has 0 fully saturated rings. The predicted octanol–water partition coefficient (Wildman–Crippen LogP) is 1.62. The number of rotatable bonds is 3. The van der Waals surface area contributed by atoms with Crippen LogP contribution in [0.3, 0.4) is 0 Å². The van der Waals surface area contributed by atoms with E-state index >= 15 is 0 Å². The van der Waals surface area contributed by atoms with Crippen LogP contribution in [0.5, 0.6) is 0 Å². The maximum absolute atomic E-state index is 11.7. The summed E-state index contributed by atoms with van der Waals surface area (Å²) in [5.41, 5.74) is 5.80. The molecule has 1 unspecified atom stereocenters. The molecule has 2 heterocycles. The van der Waals surface area contributed by atoms with Gasteiger partial charge in [-0.2, -0.15) is 0 Å². The summed E-state index contributed by atoms with van der Waals surface area (Å²) in [5.74, 6) is 0.302. The van der Waals surface area contributed by atoms with Crippen LogP contribution in [-0.4, -0.2) is 12.4 Å². The predicted molar refractivity (Wildman–Crippen MR) is 54.9 cm³/mol. The third-order valence-electron chi connectivity index (χ3n) is 2.08. The molecule has 0 bridgehead atoms. The Labute approximate surface area is 86.2 Å². The standard InChI is InChI=1S/C10H11NO2S/c11-9(8-4-2-6-14-8)10(12)7-3-1-5-13-7/h2-4,6,9H,1,5,11H2. The van der Waals surface area contributed by atoms with Crippen molar-refractivity contribution in [1.29, 1.82) is 0 Å². The molecule has 3 nitrogen and oxygen atoms in total. The molecular weight excluding hydrogens is 198 g/mol. The van der Waals surface area contributed by atoms with Gasteiger partial charge >= 0.3 is 0 Å². The van der Waals surface area contributed by atoms with Crippen molar-refractivity contribution in [3.63, 3.8) is 0 Å². The van der Waals surface area contributed by atoms with Gasteiger partial charge in [-0.3, -0.25) is 4.79 Å². The lowest BCUT2D eigenvalue weighted by atomic mass is 10.1. The van der Waals surface area contributed by atoms with E-state index in [1.165, 1.54) is 11.3 Å². The number of nitrogens with two attached hydrogens (primary N) is 1. The molecule has 0 radical (unpaired) electrons. The average molecular weight is 209 g/mol. The van der Waals surface area contributed by atoms with Crippen LogP contribution in [0.15, 0.2) is 29.3 Å². The van der Waals surface area contributed by atoms with Gasteiger partial charge in [-0.25, -0.2) is 0 Å². The molecule has 2 N–H and O–H groups in total. The summed E-state index contributed by atoms with van der Waals surface area (Å²) in [6.07, 6.45) is 2.61. The zero-order valence-corrected chi connectivity index (χ0v) is 8.42. The van der Waals surface area contributed by atoms with Crippen LogP contribution in [0, 0.1) is 0 Å². The molecule has 0 saturated carbocycles. The minimum absolute atomic E-state index is 0.120. The minimum atomic E-state index is -0.570. The van der Waals surface area contributed by atoms with E-state index in [1.54, 1.807) is 6.08 Å². The zero-order valence-electron chi connectivity index (χ0n) is 7.60. The highest BCUT2D eigenvalue weighted by molar-refractivity contribution is 7.10. The van der Waals surface area contributed by atoms with Gasteiger partial charge in [0, 0.05) is 11.3 Å². The Bertz CT molecular complexity index is 356. The summed E-state index contributed by atoms with van der Waals surface area (Å²) < 4.78 is 5.17. The Hall–Kier alpha value is -1.13. The molecule has 0 saturated heterocycles. The van der Waals surface area contributed by atoms with Crippen LogP contribution in [0.1, 0.15) is 17.3 Å². The van der Waals surface area contributed by atoms with Crippen LogP contribution < -0.4 is 5.73 Å². The molecule has 1 aliphatic rings. The minimum Gasteiger partial charge on any atom is -0.490 e. The maximum Gasteiger partial charge on any atom is 0.218 e. The Kier molecular flexibility index (Phi) is 2.65. The summed E-state index contributed by atoms with van der Waals surface area (Å²) in [7, 11) is 0. The van der Waals surface area contributed by atoms with Crippen molar-refractivity contribution < 1.29 is 9.53 Å². The summed E-state index contributed by atoms with van der Waals surface area (Å²) >= 11 is 1.49. The van der Waals surface area contributed by atoms with Gasteiger partial charge in [-0.1, -0.05) is 6.07 Å². The second-order valence-electron chi connectivity index (χ2n) is 3.06. The summed E-state index contributed by atoms with van der Waals surface area (Å²) in [6.45, 7) is 0.595. The van der Waals surface area contributed by atoms with Crippen LogP contribution in [0.25, 0.3) is 0 Å². The van der Waals surface area contributed by atoms with Crippen molar-refractivity contribution in [3.05, 3.63) is 34.2 Å². The molecular formula is C10H11NO2S. The fraction of sp³-hybridized carbons (Fsp3) is 0.300. The van der Waals surface area contributed by atoms with Crippen molar-refractivity contribution in [3.8, 4) is 0 Å². The lowest BCUT2D eigenvalue weighted by Crippen LogP contribution is -2.22. The lowest BCUT2D eigenvalue weighted by Gasteiger charge is -2.08. The molecule has 14 heavy (non-hydrogen) atoms. The lowest BCUT2D eigenvalue weighted by molar-refractivity contribution is -0.119. The topological polar surface area (TPSA) is 52.3 Å². The van der Waals surface area contributed by atoms with Gasteiger partial charge in [0.15, 0.2) is 5.76 Å². The first-order valence-electron chi connectivity index (χ1n) is 4.45. The Morgan fingerprint density at radius 2 is 2.50 bits per heavy atom. The molecule has 0 aromatic carbocycles. The number of carbonyl (C=O) groups excluding carboxylic acids is 1. The van der Waals surface area contributed by atoms with Gasteiger partial charge < -0.3 is 10.5 Å². The van der Waals surface area contributed by atoms with E-state index in [4.69, 9.17) is 10.5 Å². The number of ketones is 1. The normalized spacial score (nSPS) is 17.4. The number of carbonyl (C=O) groups is 1. The Balaban J connectivity index is 2.12. The molecule has 0 spiro atoms. The van der Waals surface area contributed by atoms with Gasteiger partial charge in [0.05, 0.1) is 6.61 Å². The van der Waals surface area contributed by atoms with E-state index < -0.39 is 6.04 Å². The maximum atomic E-state index is 11.7. The van der Waals surface area contributed by atoms with Gasteiger partial charge in [-0.15, -0.1) is 11.3 Å². The molecule has 4 heteroatoms. The molecule has 1 aromatic rings. The van der Waals surface area contributed by atoms with Crippen molar-refractivity contribution in [2.45, 2.75) is 12.5 Å². The third-order valence-corrected chi connectivity index (χ3v) is 3.04. The summed E-state index contributed by atoms with van der Waals surface area (Å²) in [4.78, 5) is 12.6. The highest BCUT2D eigenvalue weighted by atomic mass is 32.1. The fourth-order valence-corrected chi connectivity index (χ4v) is 2.07. The SMILES string of the molecule is NC(C(=O)C1=CCCO1)c1cccs1. The van der Waals surface area contributed by atoms with Gasteiger partial charge in [0.25, 0.3) is 0 Å². The number of Topliss-reactive ketones (excluding diaryl/α,β-unsaturated/α-hetero) is 1. The smallest absolute Gasteiger partial charge is 0.218 e. The van der Waals surface area contributed by atoms with E-state index in [1.807, 2.05) is 17.5 Å². The summed E-state index contributed by atoms with van der Waals surface area (Å²) in [5, 5.41) is 1.91. The highest BCUT2D eigenvalue weighted by Crippen LogP contribution is 2.22. The van der Waals surface area contributed by atoms with Crippen molar-refractivity contribution >= 4 is 17.1 Å². The zero-order chi connectivity index (χ0) is 9.97. The molecule has 0 amide bonds. The monoisotopic (exact) mass is 209 g/mol. The van der Waals surface area contributed by atoms with Crippen molar-refractivity contribution in [2.75, 3.05) is 6.61 Å². The Morgan fingerprint density at radius 3 is 3.07 bits per heavy atom. The Morgan fingerprint density at radius 1 is 1.64 bits per heavy atom. The van der Waals surface area contributed by atoms with Crippen molar-refractivity contribution in [2.24, 2.45) is 5.73 Å². The van der Waals surface area contributed by atoms with Crippen LogP contribution >= 0.6 is 11.3 Å². The third kappa shape index (κ3) is 1.71. The van der Waals surface area contributed by atoms with E-state index in [9.17, 15) is 4.79 Å². The average Bonchev–Trinajstić information content (AvgIpc) is 2.87. The molecule has 0 aliphatic carbocycles. The van der Waals surface area contributed by atoms with E-state index in [2.05, 4.69) is 0 Å². The molecule has 74 valence electrons. The van der Waals surface area contributed by atoms with Crippen LogP contribution in [0.4, 0.5) is 0 Å². The highest BCUT2D eigenvalue weighted by Gasteiger charge is 2.23. The number of hydrogen-bond donors (Lipinski definition) is 1. The van der Waals surface area contributed by atoms with Crippen LogP contribution in [-0.2, 0) is 9.53 Å². The first-order valence-corrected chi connectivity index (χ1v) is 5.33. The van der Waals surface area contributed by atoms with E-state index in [0.29, 0.717) is 12.4 Å². The van der Waals surface area contributed by atoms with Gasteiger partial charge in [-0.05, 0) is 17.5 Å². The van der Waals surface area contributed by atoms with Gasteiger partial charge in [0.2, 0.25) is 5.78 Å². The number of hydrogen-bond acceptors (Lipinski definition) is 4. The second-order valence-corrected chi connectivity index (χ2v) is 4.04. The second kappa shape index (κ2) is 3.94. The first kappa shape index (κ1) is 9.43. The van der Waals surface area contributed by atoms with Crippen LogP contribution in [0.2, 0.25) is 0 Å². The molecule has 2 rings (SSSR count). The summed E-state index contributed by atoms with van der Waals surface area (Å²) in [6, 6.07) is 3.18. The molecule has 1 atom stereocenters. The number of thiophene rings is 1.